The van der Waals surface area contributed by atoms with Gasteiger partial charge >= 0.3 is 0 Å². The van der Waals surface area contributed by atoms with E-state index in [1.807, 2.05) is 30.0 Å². The molecule has 1 atom stereocenters. The average Bonchev–Trinajstić information content (AvgIpc) is 3.51. The Morgan fingerprint density at radius 3 is 2.97 bits per heavy atom. The second-order valence-electron chi connectivity index (χ2n) is 8.23. The minimum Gasteiger partial charge on any atom is -0.465 e. The predicted molar refractivity (Wildman–Crippen MR) is 120 cm³/mol. The first kappa shape index (κ1) is 20.2. The van der Waals surface area contributed by atoms with Crippen LogP contribution in [0.1, 0.15) is 76.8 Å². The number of pyridine rings is 1. The molecule has 1 fully saturated rings. The number of hydrogen-bond acceptors (Lipinski definition) is 7. The highest BCUT2D eigenvalue weighted by Gasteiger charge is 2.35. The third-order valence-electron chi connectivity index (χ3n) is 6.19. The molecule has 3 aromatic heterocycles. The molecule has 0 bridgehead atoms. The Labute approximate surface area is 185 Å². The summed E-state index contributed by atoms with van der Waals surface area (Å²) in [5.41, 5.74) is 2.83. The number of amides is 1. The van der Waals surface area contributed by atoms with Gasteiger partial charge in [0.15, 0.2) is 0 Å². The standard InChI is InChI=1S/C23H27N5O2S/c1-3-20-26-27-23(31-20)25-19-12-6-9-16(24-19)17-10-7-13-28(17)22(29)21-14(2)30-18-11-5-4-8-15(18)21/h6,9,12,17H,3-5,7-8,10-11,13H2,1-2H3,(H,24,25,27). The Balaban J connectivity index is 1.39. The number of fused-ring (bicyclic) bond motifs is 1. The fraction of sp³-hybridized carbons (Fsp3) is 0.478. The van der Waals surface area contributed by atoms with Crippen LogP contribution in [0, 0.1) is 6.92 Å². The molecule has 2 aliphatic rings. The molecule has 1 saturated heterocycles. The summed E-state index contributed by atoms with van der Waals surface area (Å²) in [6.07, 6.45) is 6.89. The van der Waals surface area contributed by atoms with E-state index in [-0.39, 0.29) is 11.9 Å². The molecule has 7 nitrogen and oxygen atoms in total. The summed E-state index contributed by atoms with van der Waals surface area (Å²) in [6.45, 7) is 4.73. The van der Waals surface area contributed by atoms with E-state index < -0.39 is 0 Å². The number of nitrogens with one attached hydrogen (secondary N) is 1. The first-order valence-corrected chi connectivity index (χ1v) is 11.9. The van der Waals surface area contributed by atoms with Crippen LogP contribution in [0.2, 0.25) is 0 Å². The van der Waals surface area contributed by atoms with Gasteiger partial charge in [0.1, 0.15) is 22.3 Å². The van der Waals surface area contributed by atoms with Gasteiger partial charge in [-0.15, -0.1) is 10.2 Å². The molecule has 0 aromatic carbocycles. The maximum atomic E-state index is 13.6. The largest absolute Gasteiger partial charge is 0.465 e. The van der Waals surface area contributed by atoms with Gasteiger partial charge in [-0.1, -0.05) is 24.3 Å². The smallest absolute Gasteiger partial charge is 0.258 e. The number of rotatable bonds is 5. The van der Waals surface area contributed by atoms with Crippen molar-refractivity contribution in [1.29, 1.82) is 0 Å². The molecule has 1 N–H and O–H groups in total. The molecule has 162 valence electrons. The molecule has 5 rings (SSSR count). The van der Waals surface area contributed by atoms with Crippen molar-refractivity contribution in [3.63, 3.8) is 0 Å². The fourth-order valence-corrected chi connectivity index (χ4v) is 5.39. The van der Waals surface area contributed by atoms with Gasteiger partial charge in [0, 0.05) is 18.5 Å². The Hall–Kier alpha value is -2.74. The van der Waals surface area contributed by atoms with E-state index >= 15 is 0 Å². The lowest BCUT2D eigenvalue weighted by Crippen LogP contribution is -2.32. The molecule has 1 aliphatic heterocycles. The second-order valence-corrected chi connectivity index (χ2v) is 9.29. The first-order chi connectivity index (χ1) is 15.1. The van der Waals surface area contributed by atoms with Gasteiger partial charge in [0.2, 0.25) is 5.13 Å². The molecule has 31 heavy (non-hydrogen) atoms. The van der Waals surface area contributed by atoms with Gasteiger partial charge in [0.05, 0.1) is 17.3 Å². The number of aromatic nitrogens is 3. The van der Waals surface area contributed by atoms with Gasteiger partial charge in [-0.3, -0.25) is 4.79 Å². The van der Waals surface area contributed by atoms with Crippen molar-refractivity contribution in [3.8, 4) is 0 Å². The van der Waals surface area contributed by atoms with Crippen LogP contribution in [0.25, 0.3) is 0 Å². The first-order valence-electron chi connectivity index (χ1n) is 11.1. The number of nitrogens with zero attached hydrogens (tertiary/aromatic N) is 4. The van der Waals surface area contributed by atoms with Gasteiger partial charge in [-0.25, -0.2) is 4.98 Å². The Bertz CT molecular complexity index is 1110. The highest BCUT2D eigenvalue weighted by atomic mass is 32.1. The maximum absolute atomic E-state index is 13.6. The summed E-state index contributed by atoms with van der Waals surface area (Å²) in [4.78, 5) is 20.4. The lowest BCUT2D eigenvalue weighted by atomic mass is 9.94. The van der Waals surface area contributed by atoms with Crippen LogP contribution in [0.3, 0.4) is 0 Å². The molecule has 8 heteroatoms. The van der Waals surface area contributed by atoms with Crippen LogP contribution in [0.5, 0.6) is 0 Å². The molecule has 0 saturated carbocycles. The van der Waals surface area contributed by atoms with E-state index in [1.54, 1.807) is 0 Å². The topological polar surface area (TPSA) is 84.2 Å². The monoisotopic (exact) mass is 437 g/mol. The highest BCUT2D eigenvalue weighted by molar-refractivity contribution is 7.15. The Morgan fingerprint density at radius 1 is 1.26 bits per heavy atom. The van der Waals surface area contributed by atoms with Crippen LogP contribution in [0.4, 0.5) is 10.9 Å². The van der Waals surface area contributed by atoms with Gasteiger partial charge in [-0.2, -0.15) is 0 Å². The summed E-state index contributed by atoms with van der Waals surface area (Å²) < 4.78 is 5.97. The van der Waals surface area contributed by atoms with E-state index in [0.717, 1.165) is 95.8 Å². The van der Waals surface area contributed by atoms with Crippen molar-refractivity contribution < 1.29 is 9.21 Å². The zero-order valence-electron chi connectivity index (χ0n) is 18.0. The molecule has 1 amide bonds. The van der Waals surface area contributed by atoms with Gasteiger partial charge in [0.25, 0.3) is 5.91 Å². The van der Waals surface area contributed by atoms with Crippen molar-refractivity contribution in [2.24, 2.45) is 0 Å². The van der Waals surface area contributed by atoms with Crippen LogP contribution in [0.15, 0.2) is 22.6 Å². The molecule has 1 aliphatic carbocycles. The lowest BCUT2D eigenvalue weighted by molar-refractivity contribution is 0.0730. The summed E-state index contributed by atoms with van der Waals surface area (Å²) in [5.74, 6) is 2.58. The molecule has 3 aromatic rings. The third kappa shape index (κ3) is 3.84. The van der Waals surface area contributed by atoms with Crippen molar-refractivity contribution in [3.05, 3.63) is 51.5 Å². The van der Waals surface area contributed by atoms with E-state index in [2.05, 4.69) is 22.4 Å². The number of likely N-dealkylation sites (tertiary alicyclic amines) is 1. The fourth-order valence-electron chi connectivity index (χ4n) is 4.71. The van der Waals surface area contributed by atoms with Crippen LogP contribution in [-0.4, -0.2) is 32.5 Å². The highest BCUT2D eigenvalue weighted by Crippen LogP contribution is 2.36. The van der Waals surface area contributed by atoms with E-state index in [1.165, 1.54) is 11.3 Å². The number of carbonyl (C=O) groups excluding carboxylic acids is 1. The van der Waals surface area contributed by atoms with E-state index in [0.29, 0.717) is 0 Å². The number of furan rings is 1. The molecular weight excluding hydrogens is 410 g/mol. The normalized spacial score (nSPS) is 18.3. The predicted octanol–water partition coefficient (Wildman–Crippen LogP) is 5.00. The zero-order valence-corrected chi connectivity index (χ0v) is 18.8. The number of aryl methyl sites for hydroxylation is 3. The van der Waals surface area contributed by atoms with E-state index in [9.17, 15) is 4.79 Å². The van der Waals surface area contributed by atoms with Crippen molar-refractivity contribution in [2.75, 3.05) is 11.9 Å². The molecular formula is C23H27N5O2S. The van der Waals surface area contributed by atoms with Crippen LogP contribution < -0.4 is 5.32 Å². The van der Waals surface area contributed by atoms with Gasteiger partial charge in [-0.05, 0) is 57.6 Å². The summed E-state index contributed by atoms with van der Waals surface area (Å²) in [5, 5.41) is 13.3. The quantitative estimate of drug-likeness (QED) is 0.605. The van der Waals surface area contributed by atoms with Crippen molar-refractivity contribution in [2.45, 2.75) is 64.8 Å². The second kappa shape index (κ2) is 8.42. The molecule has 0 spiro atoms. The summed E-state index contributed by atoms with van der Waals surface area (Å²) in [6, 6.07) is 5.90. The Morgan fingerprint density at radius 2 is 2.13 bits per heavy atom. The number of hydrogen-bond donors (Lipinski definition) is 1. The number of anilines is 2. The average molecular weight is 438 g/mol. The zero-order chi connectivity index (χ0) is 21.4. The van der Waals surface area contributed by atoms with Crippen molar-refractivity contribution >= 4 is 28.2 Å². The van der Waals surface area contributed by atoms with E-state index in [4.69, 9.17) is 9.40 Å². The SMILES string of the molecule is CCc1nnc(Nc2cccc(C3CCCN3C(=O)c3c(C)oc4c3CCCC4)n2)s1. The summed E-state index contributed by atoms with van der Waals surface area (Å²) in [7, 11) is 0. The minimum atomic E-state index is -0.0246. The van der Waals surface area contributed by atoms with Gasteiger partial charge < -0.3 is 14.6 Å². The van der Waals surface area contributed by atoms with Crippen molar-refractivity contribution in [1.82, 2.24) is 20.1 Å². The molecule has 4 heterocycles. The Kier molecular flexibility index (Phi) is 5.48. The lowest BCUT2D eigenvalue weighted by Gasteiger charge is -2.25. The maximum Gasteiger partial charge on any atom is 0.258 e. The van der Waals surface area contributed by atoms with Crippen LogP contribution in [-0.2, 0) is 19.3 Å². The molecule has 0 radical (unpaired) electrons. The minimum absolute atomic E-state index is 0.0246. The number of carbonyl (C=O) groups is 1. The third-order valence-corrected chi connectivity index (χ3v) is 7.17. The van der Waals surface area contributed by atoms with Crippen LogP contribution >= 0.6 is 11.3 Å². The summed E-state index contributed by atoms with van der Waals surface area (Å²) >= 11 is 1.54. The molecule has 1 unspecified atom stereocenters.